The molecule has 34 heavy (non-hydrogen) atoms. The third-order valence-electron chi connectivity index (χ3n) is 5.08. The molecule has 7 nitrogen and oxygen atoms in total. The summed E-state index contributed by atoms with van der Waals surface area (Å²) in [5, 5.41) is 0. The summed E-state index contributed by atoms with van der Waals surface area (Å²) in [6.07, 6.45) is 4.29. The van der Waals surface area contributed by atoms with Gasteiger partial charge in [-0.1, -0.05) is 47.5 Å². The fourth-order valence-corrected chi connectivity index (χ4v) is 6.15. The minimum absolute atomic E-state index is 0.0273. The molecule has 0 aliphatic rings. The number of benzene rings is 2. The fourth-order valence-electron chi connectivity index (χ4n) is 3.31. The summed E-state index contributed by atoms with van der Waals surface area (Å²) in [5.41, 5.74) is 1.94. The highest BCUT2D eigenvalue weighted by molar-refractivity contribution is 7.93. The number of nitrogens with zero attached hydrogens (tertiary/aromatic N) is 3. The first kappa shape index (κ1) is 25.2. The van der Waals surface area contributed by atoms with Crippen LogP contribution in [0.15, 0.2) is 102 Å². The SMILES string of the molecule is C=CCN(c1cccnc1N(CC=C)S(=O)(=O)c1ccc(C)cc1)S(=O)(=O)c1ccc(C)cc1. The molecule has 3 rings (SSSR count). The van der Waals surface area contributed by atoms with E-state index in [0.717, 1.165) is 19.7 Å². The lowest BCUT2D eigenvalue weighted by Crippen LogP contribution is -2.36. The topological polar surface area (TPSA) is 87.7 Å². The molecule has 0 radical (unpaired) electrons. The Balaban J connectivity index is 2.20. The van der Waals surface area contributed by atoms with Gasteiger partial charge in [0.2, 0.25) is 0 Å². The lowest BCUT2D eigenvalue weighted by atomic mass is 10.2. The van der Waals surface area contributed by atoms with E-state index in [9.17, 15) is 16.8 Å². The molecule has 0 aliphatic heterocycles. The molecule has 0 spiro atoms. The van der Waals surface area contributed by atoms with Crippen molar-refractivity contribution >= 4 is 31.6 Å². The van der Waals surface area contributed by atoms with Gasteiger partial charge in [-0.3, -0.25) is 4.31 Å². The van der Waals surface area contributed by atoms with Crippen molar-refractivity contribution in [2.24, 2.45) is 0 Å². The van der Waals surface area contributed by atoms with Gasteiger partial charge in [0.1, 0.15) is 0 Å². The normalized spacial score (nSPS) is 11.6. The Bertz CT molecular complexity index is 1270. The van der Waals surface area contributed by atoms with E-state index >= 15 is 0 Å². The number of anilines is 2. The second kappa shape index (κ2) is 10.2. The molecule has 0 bridgehead atoms. The number of aromatic nitrogens is 1. The van der Waals surface area contributed by atoms with Crippen LogP contribution < -0.4 is 8.61 Å². The van der Waals surface area contributed by atoms with Gasteiger partial charge >= 0.3 is 0 Å². The van der Waals surface area contributed by atoms with Crippen molar-refractivity contribution in [3.63, 3.8) is 0 Å². The van der Waals surface area contributed by atoms with Crippen molar-refractivity contribution < 1.29 is 16.8 Å². The number of sulfonamides is 2. The zero-order chi connectivity index (χ0) is 24.9. The van der Waals surface area contributed by atoms with Crippen LogP contribution in [0.2, 0.25) is 0 Å². The monoisotopic (exact) mass is 497 g/mol. The van der Waals surface area contributed by atoms with Crippen LogP contribution >= 0.6 is 0 Å². The number of aryl methyl sites for hydroxylation is 2. The first-order valence-corrected chi connectivity index (χ1v) is 13.4. The molecule has 3 aromatic rings. The molecule has 0 unspecified atom stereocenters. The van der Waals surface area contributed by atoms with Crippen LogP contribution in [0.3, 0.4) is 0 Å². The van der Waals surface area contributed by atoms with Crippen LogP contribution in [0.25, 0.3) is 0 Å². The maximum atomic E-state index is 13.6. The Morgan fingerprint density at radius 1 is 0.735 bits per heavy atom. The average Bonchev–Trinajstić information content (AvgIpc) is 2.81. The van der Waals surface area contributed by atoms with Crippen molar-refractivity contribution in [3.8, 4) is 0 Å². The third kappa shape index (κ3) is 5.05. The van der Waals surface area contributed by atoms with Gasteiger partial charge in [-0.05, 0) is 50.2 Å². The van der Waals surface area contributed by atoms with Gasteiger partial charge in [0.15, 0.2) is 5.82 Å². The highest BCUT2D eigenvalue weighted by Gasteiger charge is 2.32. The lowest BCUT2D eigenvalue weighted by molar-refractivity contribution is 0.589. The van der Waals surface area contributed by atoms with Crippen molar-refractivity contribution in [1.29, 1.82) is 0 Å². The Morgan fingerprint density at radius 3 is 1.65 bits per heavy atom. The minimum Gasteiger partial charge on any atom is -0.259 e. The molecule has 9 heteroatoms. The first-order chi connectivity index (χ1) is 16.1. The van der Waals surface area contributed by atoms with E-state index in [1.165, 1.54) is 48.7 Å². The smallest absolute Gasteiger partial charge is 0.259 e. The minimum atomic E-state index is -4.07. The van der Waals surface area contributed by atoms with E-state index in [4.69, 9.17) is 0 Å². The second-order valence-electron chi connectivity index (χ2n) is 7.62. The van der Waals surface area contributed by atoms with Crippen molar-refractivity contribution in [1.82, 2.24) is 4.98 Å². The summed E-state index contributed by atoms with van der Waals surface area (Å²) in [5.74, 6) is -0.0273. The highest BCUT2D eigenvalue weighted by Crippen LogP contribution is 2.34. The van der Waals surface area contributed by atoms with Gasteiger partial charge in [-0.2, -0.15) is 0 Å². The molecule has 0 N–H and O–H groups in total. The number of pyridine rings is 1. The molecular weight excluding hydrogens is 470 g/mol. The zero-order valence-electron chi connectivity index (χ0n) is 19.1. The molecule has 178 valence electrons. The molecule has 1 aromatic heterocycles. The Kier molecular flexibility index (Phi) is 7.58. The van der Waals surface area contributed by atoms with Crippen LogP contribution in [0.1, 0.15) is 11.1 Å². The molecule has 0 aliphatic carbocycles. The summed E-state index contributed by atoms with van der Waals surface area (Å²) in [6, 6.07) is 15.9. The number of hydrogen-bond acceptors (Lipinski definition) is 5. The van der Waals surface area contributed by atoms with Gasteiger partial charge in [0.05, 0.1) is 28.6 Å². The van der Waals surface area contributed by atoms with Gasteiger partial charge in [0, 0.05) is 6.20 Å². The van der Waals surface area contributed by atoms with Crippen LogP contribution in [0.4, 0.5) is 11.5 Å². The van der Waals surface area contributed by atoms with Crippen molar-refractivity contribution in [2.45, 2.75) is 23.6 Å². The van der Waals surface area contributed by atoms with Gasteiger partial charge in [0.25, 0.3) is 20.0 Å². The highest BCUT2D eigenvalue weighted by atomic mass is 32.2. The van der Waals surface area contributed by atoms with Crippen LogP contribution in [-0.4, -0.2) is 34.9 Å². The van der Waals surface area contributed by atoms with E-state index in [0.29, 0.717) is 0 Å². The molecule has 0 fully saturated rings. The summed E-state index contributed by atoms with van der Waals surface area (Å²) in [6.45, 7) is 10.9. The van der Waals surface area contributed by atoms with Crippen LogP contribution in [-0.2, 0) is 20.0 Å². The van der Waals surface area contributed by atoms with Crippen molar-refractivity contribution in [3.05, 3.63) is 103 Å². The number of hydrogen-bond donors (Lipinski definition) is 0. The largest absolute Gasteiger partial charge is 0.265 e. The Hall–Kier alpha value is -3.43. The lowest BCUT2D eigenvalue weighted by Gasteiger charge is -2.29. The summed E-state index contributed by atoms with van der Waals surface area (Å²) in [4.78, 5) is 4.43. The molecule has 1 heterocycles. The van der Waals surface area contributed by atoms with Crippen LogP contribution in [0, 0.1) is 13.8 Å². The van der Waals surface area contributed by atoms with Gasteiger partial charge in [-0.15, -0.1) is 13.2 Å². The van der Waals surface area contributed by atoms with E-state index in [1.807, 2.05) is 13.8 Å². The Labute approximate surface area is 201 Å². The molecular formula is C25H27N3O4S2. The van der Waals surface area contributed by atoms with E-state index in [-0.39, 0.29) is 34.4 Å². The summed E-state index contributed by atoms with van der Waals surface area (Å²) in [7, 11) is -8.11. The zero-order valence-corrected chi connectivity index (χ0v) is 20.8. The third-order valence-corrected chi connectivity index (χ3v) is 8.64. The van der Waals surface area contributed by atoms with Crippen molar-refractivity contribution in [2.75, 3.05) is 21.7 Å². The maximum absolute atomic E-state index is 13.6. The first-order valence-electron chi connectivity index (χ1n) is 10.5. The predicted molar refractivity (Wildman–Crippen MR) is 136 cm³/mol. The molecule has 2 aromatic carbocycles. The standard InChI is InChI=1S/C25H27N3O4S2/c1-5-18-27(33(29,30)22-13-9-20(3)10-14-22)24-8-7-17-26-25(24)28(19-6-2)34(31,32)23-15-11-21(4)12-16-23/h5-17H,1-2,18-19H2,3-4H3. The van der Waals surface area contributed by atoms with Gasteiger partial charge in [-0.25, -0.2) is 26.1 Å². The quantitative estimate of drug-likeness (QED) is 0.386. The molecule has 0 amide bonds. The van der Waals surface area contributed by atoms with E-state index in [2.05, 4.69) is 18.1 Å². The van der Waals surface area contributed by atoms with E-state index in [1.54, 1.807) is 30.3 Å². The van der Waals surface area contributed by atoms with Crippen LogP contribution in [0.5, 0.6) is 0 Å². The fraction of sp³-hybridized carbons (Fsp3) is 0.160. The Morgan fingerprint density at radius 2 is 1.18 bits per heavy atom. The summed E-state index contributed by atoms with van der Waals surface area (Å²) >= 11 is 0. The molecule has 0 saturated carbocycles. The second-order valence-corrected chi connectivity index (χ2v) is 11.3. The predicted octanol–water partition coefficient (Wildman–Crippen LogP) is 4.46. The van der Waals surface area contributed by atoms with Gasteiger partial charge < -0.3 is 0 Å². The molecule has 0 atom stereocenters. The number of rotatable bonds is 10. The maximum Gasteiger partial charge on any atom is 0.265 e. The average molecular weight is 498 g/mol. The molecule has 0 saturated heterocycles. The van der Waals surface area contributed by atoms with E-state index < -0.39 is 20.0 Å². The summed E-state index contributed by atoms with van der Waals surface area (Å²) < 4.78 is 56.5.